The van der Waals surface area contributed by atoms with Crippen LogP contribution in [0.15, 0.2) is 85.1 Å². The Bertz CT molecular complexity index is 1190. The van der Waals surface area contributed by atoms with E-state index < -0.39 is 11.8 Å². The lowest BCUT2D eigenvalue weighted by Crippen LogP contribution is -2.09. The summed E-state index contributed by atoms with van der Waals surface area (Å²) in [5.41, 5.74) is 2.60. The molecule has 0 atom stereocenters. The molecule has 1 N–H and O–H groups in total. The molecule has 1 heterocycles. The molecule has 35 heavy (non-hydrogen) atoms. The maximum Gasteiger partial charge on any atom is 0.338 e. The monoisotopic (exact) mass is 491 g/mol. The highest BCUT2D eigenvalue weighted by molar-refractivity contribution is 7.81. The summed E-state index contributed by atoms with van der Waals surface area (Å²) in [6.45, 7) is 8.14. The van der Waals surface area contributed by atoms with Gasteiger partial charge in [-0.05, 0) is 31.5 Å². The van der Waals surface area contributed by atoms with E-state index in [1.54, 1.807) is 36.4 Å². The van der Waals surface area contributed by atoms with Crippen molar-refractivity contribution in [2.45, 2.75) is 34.1 Å². The number of para-hydroxylation sites is 3. The van der Waals surface area contributed by atoms with Crippen LogP contribution >= 0.6 is 12.8 Å². The maximum absolute atomic E-state index is 12.7. The smallest absolute Gasteiger partial charge is 0.338 e. The number of fused-ring (bicyclic) bond motifs is 1. The standard InChI is InChI=1S/C19H15N3O3S.C7H12.C2H6/c1-25-19(24)13(12-6-2-3-7-14(12)22-26)10-18(23)17-11-20-15-8-4-5-9-16(15)21-17;1-3-5-7-6-4-2;1-2/h2-11,22,26H,1H3;3,5-7H,4H2,1-2H3;1-2H3/b13-10-;5-3-,7-6-;. The summed E-state index contributed by atoms with van der Waals surface area (Å²) in [5.74, 6) is -1.08. The second-order valence-electron chi connectivity index (χ2n) is 6.68. The van der Waals surface area contributed by atoms with Crippen molar-refractivity contribution in [1.29, 1.82) is 0 Å². The third-order valence-corrected chi connectivity index (χ3v) is 4.64. The van der Waals surface area contributed by atoms with E-state index in [2.05, 4.69) is 46.6 Å². The van der Waals surface area contributed by atoms with Crippen molar-refractivity contribution in [3.63, 3.8) is 0 Å². The number of rotatable bonds is 7. The van der Waals surface area contributed by atoms with Gasteiger partial charge in [-0.25, -0.2) is 9.78 Å². The molecule has 0 saturated heterocycles. The summed E-state index contributed by atoms with van der Waals surface area (Å²) < 4.78 is 7.52. The van der Waals surface area contributed by atoms with Crippen molar-refractivity contribution in [1.82, 2.24) is 9.97 Å². The lowest BCUT2D eigenvalue weighted by atomic mass is 10.0. The third kappa shape index (κ3) is 9.22. The number of benzene rings is 2. The average molecular weight is 492 g/mol. The van der Waals surface area contributed by atoms with Gasteiger partial charge < -0.3 is 9.46 Å². The molecule has 3 rings (SSSR count). The van der Waals surface area contributed by atoms with Gasteiger partial charge in [-0.1, -0.05) is 88.2 Å². The number of nitrogens with zero attached hydrogens (tertiary/aromatic N) is 2. The molecular formula is C28H33N3O3S. The fraction of sp³-hybridized carbons (Fsp3) is 0.214. The first kappa shape index (κ1) is 29.3. The number of aromatic nitrogens is 2. The molecular weight excluding hydrogens is 458 g/mol. The topological polar surface area (TPSA) is 81.2 Å². The molecule has 184 valence electrons. The molecule has 0 unspecified atom stereocenters. The number of hydrogen-bond donors (Lipinski definition) is 2. The van der Waals surface area contributed by atoms with Gasteiger partial charge in [0.05, 0.1) is 35.6 Å². The Balaban J connectivity index is 0.000000587. The summed E-state index contributed by atoms with van der Waals surface area (Å²) in [5, 5.41) is 0. The zero-order chi connectivity index (χ0) is 26.1. The van der Waals surface area contributed by atoms with Crippen LogP contribution in [0, 0.1) is 0 Å². The molecule has 7 heteroatoms. The predicted octanol–water partition coefficient (Wildman–Crippen LogP) is 6.88. The Morgan fingerprint density at radius 3 is 2.31 bits per heavy atom. The van der Waals surface area contributed by atoms with Gasteiger partial charge in [0, 0.05) is 11.6 Å². The van der Waals surface area contributed by atoms with Crippen molar-refractivity contribution in [3.05, 3.63) is 96.4 Å². The summed E-state index contributed by atoms with van der Waals surface area (Å²) in [6.07, 6.45) is 12.0. The number of methoxy groups -OCH3 is 1. The van der Waals surface area contributed by atoms with Gasteiger partial charge in [0.2, 0.25) is 5.78 Å². The van der Waals surface area contributed by atoms with Gasteiger partial charge in [-0.2, -0.15) is 0 Å². The first-order valence-electron chi connectivity index (χ1n) is 11.4. The Morgan fingerprint density at radius 1 is 1.03 bits per heavy atom. The maximum atomic E-state index is 12.7. The zero-order valence-electron chi connectivity index (χ0n) is 20.9. The summed E-state index contributed by atoms with van der Waals surface area (Å²) in [7, 11) is 1.26. The number of thiol groups is 1. The van der Waals surface area contributed by atoms with Crippen LogP contribution in [0.1, 0.15) is 50.2 Å². The van der Waals surface area contributed by atoms with Gasteiger partial charge >= 0.3 is 5.97 Å². The van der Waals surface area contributed by atoms with Gasteiger partial charge in [-0.3, -0.25) is 9.78 Å². The normalized spacial score (nSPS) is 10.9. The quantitative estimate of drug-likeness (QED) is 0.123. The number of carbonyl (C=O) groups is 2. The summed E-state index contributed by atoms with van der Waals surface area (Å²) in [6, 6.07) is 14.2. The number of ketones is 1. The Labute approximate surface area is 213 Å². The zero-order valence-corrected chi connectivity index (χ0v) is 21.8. The number of nitrogens with one attached hydrogen (secondary N) is 1. The first-order valence-corrected chi connectivity index (χ1v) is 11.8. The van der Waals surface area contributed by atoms with E-state index in [0.29, 0.717) is 22.3 Å². The van der Waals surface area contributed by atoms with Crippen molar-refractivity contribution in [2.75, 3.05) is 11.8 Å². The van der Waals surface area contributed by atoms with E-state index in [1.165, 1.54) is 19.4 Å². The number of esters is 1. The highest BCUT2D eigenvalue weighted by Crippen LogP contribution is 2.26. The molecule has 6 nitrogen and oxygen atoms in total. The number of ether oxygens (including phenoxy) is 1. The number of anilines is 1. The minimum Gasteiger partial charge on any atom is -0.465 e. The molecule has 0 fully saturated rings. The first-order chi connectivity index (χ1) is 17.0. The molecule has 0 amide bonds. The highest BCUT2D eigenvalue weighted by Gasteiger charge is 2.19. The van der Waals surface area contributed by atoms with Crippen molar-refractivity contribution in [3.8, 4) is 0 Å². The van der Waals surface area contributed by atoms with Crippen LogP contribution in [0.5, 0.6) is 0 Å². The molecule has 0 aliphatic heterocycles. The number of hydrogen-bond acceptors (Lipinski definition) is 7. The molecule has 3 aromatic rings. The van der Waals surface area contributed by atoms with Gasteiger partial charge in [-0.15, -0.1) is 0 Å². The lowest BCUT2D eigenvalue weighted by molar-refractivity contribution is -0.133. The van der Waals surface area contributed by atoms with Gasteiger partial charge in [0.25, 0.3) is 0 Å². The summed E-state index contributed by atoms with van der Waals surface area (Å²) in [4.78, 5) is 33.4. The molecule has 0 saturated carbocycles. The predicted molar refractivity (Wildman–Crippen MR) is 149 cm³/mol. The minimum atomic E-state index is -0.636. The number of carbonyl (C=O) groups excluding carboxylic acids is 2. The third-order valence-electron chi connectivity index (χ3n) is 4.39. The average Bonchev–Trinajstić information content (AvgIpc) is 2.92. The van der Waals surface area contributed by atoms with E-state index in [4.69, 9.17) is 4.74 Å². The molecule has 0 bridgehead atoms. The SMILES string of the molecule is C/C=C\C=C/CC.CC.COC(=O)/C(=C\C(=O)c1cnc2ccccc2n1)c1ccccc1NS. The van der Waals surface area contributed by atoms with Crippen LogP contribution in [-0.4, -0.2) is 28.8 Å². The van der Waals surface area contributed by atoms with E-state index in [1.807, 2.05) is 45.1 Å². The largest absolute Gasteiger partial charge is 0.465 e. The van der Waals surface area contributed by atoms with Crippen LogP contribution in [0.25, 0.3) is 16.6 Å². The van der Waals surface area contributed by atoms with Crippen molar-refractivity contribution >= 4 is 46.9 Å². The Morgan fingerprint density at radius 2 is 1.69 bits per heavy atom. The molecule has 2 aromatic carbocycles. The van der Waals surface area contributed by atoms with Crippen LogP contribution < -0.4 is 4.72 Å². The Hall–Kier alpha value is -3.71. The van der Waals surface area contributed by atoms with Crippen LogP contribution in [0.4, 0.5) is 5.69 Å². The fourth-order valence-electron chi connectivity index (χ4n) is 2.78. The van der Waals surface area contributed by atoms with Crippen LogP contribution in [0.2, 0.25) is 0 Å². The van der Waals surface area contributed by atoms with E-state index in [0.717, 1.165) is 6.42 Å². The lowest BCUT2D eigenvalue weighted by Gasteiger charge is -2.10. The molecule has 0 spiro atoms. The second-order valence-corrected chi connectivity index (χ2v) is 6.90. The van der Waals surface area contributed by atoms with Crippen LogP contribution in [0.3, 0.4) is 0 Å². The molecule has 0 aliphatic rings. The highest BCUT2D eigenvalue weighted by atomic mass is 32.1. The van der Waals surface area contributed by atoms with Gasteiger partial charge in [0.1, 0.15) is 5.69 Å². The van der Waals surface area contributed by atoms with Gasteiger partial charge in [0.15, 0.2) is 0 Å². The van der Waals surface area contributed by atoms with Crippen LogP contribution in [-0.2, 0) is 9.53 Å². The second kappa shape index (κ2) is 16.8. The summed E-state index contributed by atoms with van der Waals surface area (Å²) >= 11 is 4.04. The van der Waals surface area contributed by atoms with E-state index in [-0.39, 0.29) is 11.3 Å². The minimum absolute atomic E-state index is 0.101. The Kier molecular flexibility index (Phi) is 14.1. The molecule has 0 radical (unpaired) electrons. The van der Waals surface area contributed by atoms with E-state index in [9.17, 15) is 9.59 Å². The number of allylic oxidation sites excluding steroid dienone is 5. The molecule has 0 aliphatic carbocycles. The fourth-order valence-corrected chi connectivity index (χ4v) is 2.97. The molecule has 1 aromatic heterocycles. The van der Waals surface area contributed by atoms with Crippen molar-refractivity contribution in [2.24, 2.45) is 0 Å². The van der Waals surface area contributed by atoms with Crippen molar-refractivity contribution < 1.29 is 14.3 Å². The van der Waals surface area contributed by atoms with E-state index >= 15 is 0 Å².